The average Bonchev–Trinajstić information content (AvgIpc) is 2.41. The van der Waals surface area contributed by atoms with Crippen LogP contribution in [-0.2, 0) is 10.1 Å². The van der Waals surface area contributed by atoms with Gasteiger partial charge in [0.25, 0.3) is 10.1 Å². The van der Waals surface area contributed by atoms with E-state index in [4.69, 9.17) is 9.29 Å². The highest BCUT2D eigenvalue weighted by Gasteiger charge is 2.16. The van der Waals surface area contributed by atoms with E-state index in [0.717, 1.165) is 22.8 Å². The van der Waals surface area contributed by atoms with Crippen LogP contribution < -0.4 is 4.74 Å². The lowest BCUT2D eigenvalue weighted by atomic mass is 10.2. The van der Waals surface area contributed by atoms with E-state index in [1.54, 1.807) is 0 Å². The maximum Gasteiger partial charge on any atom is 0.343 e. The van der Waals surface area contributed by atoms with Gasteiger partial charge in [-0.3, -0.25) is 4.55 Å². The summed E-state index contributed by atoms with van der Waals surface area (Å²) >= 11 is 6.34. The van der Waals surface area contributed by atoms with Crippen LogP contribution in [0.5, 0.6) is 5.75 Å². The van der Waals surface area contributed by atoms with Crippen molar-refractivity contribution < 1.29 is 22.5 Å². The molecule has 0 amide bonds. The van der Waals surface area contributed by atoms with Crippen LogP contribution in [0.2, 0.25) is 0 Å². The number of halogens is 3. The van der Waals surface area contributed by atoms with Crippen LogP contribution >= 0.6 is 67.8 Å². The van der Waals surface area contributed by atoms with Crippen LogP contribution in [0.3, 0.4) is 0 Å². The number of rotatable bonds is 3. The maximum absolute atomic E-state index is 12.1. The van der Waals surface area contributed by atoms with Gasteiger partial charge in [-0.05, 0) is 104 Å². The minimum absolute atomic E-state index is 0.192. The summed E-state index contributed by atoms with van der Waals surface area (Å²) in [6.07, 6.45) is 0. The summed E-state index contributed by atoms with van der Waals surface area (Å²) < 4.78 is 38.8. The summed E-state index contributed by atoms with van der Waals surface area (Å²) in [5, 5.41) is 0. The van der Waals surface area contributed by atoms with Gasteiger partial charge in [-0.1, -0.05) is 0 Å². The van der Waals surface area contributed by atoms with Crippen molar-refractivity contribution in [2.45, 2.75) is 4.90 Å². The minimum atomic E-state index is -4.28. The molecule has 2 rings (SSSR count). The highest BCUT2D eigenvalue weighted by Crippen LogP contribution is 2.30. The Morgan fingerprint density at radius 1 is 1.00 bits per heavy atom. The predicted octanol–water partition coefficient (Wildman–Crippen LogP) is 3.97. The Morgan fingerprint density at radius 2 is 1.50 bits per heavy atom. The molecule has 0 aliphatic rings. The molecule has 1 N–H and O–H groups in total. The molecule has 0 saturated heterocycles. The number of carbonyl (C=O) groups excluding carboxylic acids is 1. The Balaban J connectivity index is 2.27. The van der Waals surface area contributed by atoms with Crippen molar-refractivity contribution in [1.29, 1.82) is 0 Å². The summed E-state index contributed by atoms with van der Waals surface area (Å²) in [5.74, 6) is -0.135. The SMILES string of the molecule is O=C(Oc1c(I)cc(I)cc1I)c1ccc(S(=O)(=O)O)cc1. The zero-order valence-corrected chi connectivity index (χ0v) is 17.9. The van der Waals surface area contributed by atoms with E-state index in [0.29, 0.717) is 5.75 Å². The normalized spacial score (nSPS) is 11.3. The second kappa shape index (κ2) is 7.27. The van der Waals surface area contributed by atoms with Crippen molar-refractivity contribution in [3.8, 4) is 5.75 Å². The molecule has 0 unspecified atom stereocenters. The fourth-order valence-electron chi connectivity index (χ4n) is 1.54. The molecule has 5 nitrogen and oxygen atoms in total. The van der Waals surface area contributed by atoms with E-state index in [1.807, 2.05) is 12.1 Å². The fraction of sp³-hybridized carbons (Fsp3) is 0. The molecule has 0 aliphatic heterocycles. The fourth-order valence-corrected chi connectivity index (χ4v) is 5.82. The van der Waals surface area contributed by atoms with Crippen LogP contribution in [0.4, 0.5) is 0 Å². The van der Waals surface area contributed by atoms with E-state index in [2.05, 4.69) is 67.8 Å². The summed E-state index contributed by atoms with van der Waals surface area (Å²) in [6.45, 7) is 0. The third-order valence-electron chi connectivity index (χ3n) is 2.55. The molecule has 116 valence electrons. The Morgan fingerprint density at radius 3 is 1.95 bits per heavy atom. The highest BCUT2D eigenvalue weighted by atomic mass is 127. The van der Waals surface area contributed by atoms with Gasteiger partial charge >= 0.3 is 5.97 Å². The lowest BCUT2D eigenvalue weighted by Crippen LogP contribution is -2.11. The molecule has 0 bridgehead atoms. The van der Waals surface area contributed by atoms with Crippen molar-refractivity contribution >= 4 is 83.9 Å². The third-order valence-corrected chi connectivity index (χ3v) is 5.64. The largest absolute Gasteiger partial charge is 0.421 e. The second-order valence-corrected chi connectivity index (χ2v) is 9.08. The number of benzene rings is 2. The number of esters is 1. The first kappa shape index (κ1) is 18.4. The maximum atomic E-state index is 12.1. The topological polar surface area (TPSA) is 80.7 Å². The summed E-state index contributed by atoms with van der Waals surface area (Å²) in [4.78, 5) is 11.8. The van der Waals surface area contributed by atoms with Gasteiger partial charge in [-0.15, -0.1) is 0 Å². The van der Waals surface area contributed by atoms with Crippen LogP contribution in [0.1, 0.15) is 10.4 Å². The third kappa shape index (κ3) is 4.52. The van der Waals surface area contributed by atoms with Crippen molar-refractivity contribution in [2.24, 2.45) is 0 Å². The molecule has 0 spiro atoms. The molecule has 22 heavy (non-hydrogen) atoms. The average molecular weight is 656 g/mol. The van der Waals surface area contributed by atoms with Crippen molar-refractivity contribution in [3.05, 3.63) is 52.7 Å². The molecular weight excluding hydrogens is 649 g/mol. The number of carbonyl (C=O) groups is 1. The Bertz CT molecular complexity index is 808. The molecule has 9 heteroatoms. The van der Waals surface area contributed by atoms with E-state index in [1.165, 1.54) is 12.1 Å². The molecule has 0 aliphatic carbocycles. The lowest BCUT2D eigenvalue weighted by molar-refractivity contribution is 0.0732. The quantitative estimate of drug-likeness (QED) is 0.235. The first-order valence-corrected chi connectivity index (χ1v) is 10.3. The van der Waals surface area contributed by atoms with Gasteiger partial charge in [-0.2, -0.15) is 8.42 Å². The van der Waals surface area contributed by atoms with Crippen molar-refractivity contribution in [2.75, 3.05) is 0 Å². The zero-order valence-electron chi connectivity index (χ0n) is 10.6. The van der Waals surface area contributed by atoms with Crippen molar-refractivity contribution in [1.82, 2.24) is 0 Å². The minimum Gasteiger partial charge on any atom is -0.421 e. The van der Waals surface area contributed by atoms with E-state index in [-0.39, 0.29) is 10.5 Å². The first-order valence-electron chi connectivity index (χ1n) is 5.63. The molecule has 0 fully saturated rings. The Kier molecular flexibility index (Phi) is 6.07. The van der Waals surface area contributed by atoms with Gasteiger partial charge in [0.15, 0.2) is 5.75 Å². The van der Waals surface area contributed by atoms with Gasteiger partial charge < -0.3 is 4.74 Å². The predicted molar refractivity (Wildman–Crippen MR) is 106 cm³/mol. The van der Waals surface area contributed by atoms with Crippen LogP contribution in [0.15, 0.2) is 41.3 Å². The van der Waals surface area contributed by atoms with Crippen molar-refractivity contribution in [3.63, 3.8) is 0 Å². The Hall–Kier alpha value is 0.01000. The molecule has 0 atom stereocenters. The molecule has 0 heterocycles. The smallest absolute Gasteiger partial charge is 0.343 e. The van der Waals surface area contributed by atoms with Crippen LogP contribution in [0, 0.1) is 10.7 Å². The molecule has 2 aromatic rings. The first-order chi connectivity index (χ1) is 10.2. The zero-order chi connectivity index (χ0) is 16.5. The van der Waals surface area contributed by atoms with Gasteiger partial charge in [0, 0.05) is 3.57 Å². The number of hydrogen-bond acceptors (Lipinski definition) is 4. The second-order valence-electron chi connectivity index (χ2n) is 4.09. The molecule has 0 radical (unpaired) electrons. The van der Waals surface area contributed by atoms with Crippen LogP contribution in [0.25, 0.3) is 0 Å². The highest BCUT2D eigenvalue weighted by molar-refractivity contribution is 14.1. The van der Waals surface area contributed by atoms with Gasteiger partial charge in [0.05, 0.1) is 17.6 Å². The van der Waals surface area contributed by atoms with E-state index in [9.17, 15) is 13.2 Å². The van der Waals surface area contributed by atoms with E-state index < -0.39 is 16.1 Å². The standard InChI is InChI=1S/C13H7I3O5S/c14-8-5-10(15)12(11(16)6-8)21-13(17)7-1-3-9(4-2-7)22(18,19)20/h1-6H,(H,18,19,20). The van der Waals surface area contributed by atoms with Gasteiger partial charge in [-0.25, -0.2) is 4.79 Å². The van der Waals surface area contributed by atoms with Gasteiger partial charge in [0.1, 0.15) is 0 Å². The monoisotopic (exact) mass is 656 g/mol. The van der Waals surface area contributed by atoms with E-state index >= 15 is 0 Å². The Labute approximate surface area is 168 Å². The molecule has 2 aromatic carbocycles. The number of ether oxygens (including phenoxy) is 1. The molecular formula is C13H7I3O5S. The summed E-state index contributed by atoms with van der Waals surface area (Å²) in [5.41, 5.74) is 0.192. The summed E-state index contributed by atoms with van der Waals surface area (Å²) in [6, 6.07) is 8.64. The summed E-state index contributed by atoms with van der Waals surface area (Å²) in [7, 11) is -4.28. The van der Waals surface area contributed by atoms with Gasteiger partial charge in [0.2, 0.25) is 0 Å². The lowest BCUT2D eigenvalue weighted by Gasteiger charge is -2.09. The number of hydrogen-bond donors (Lipinski definition) is 1. The van der Waals surface area contributed by atoms with Crippen LogP contribution in [-0.4, -0.2) is 18.9 Å². The molecule has 0 aromatic heterocycles. The molecule has 0 saturated carbocycles.